The number of hydrogen-bond donors (Lipinski definition) is 1. The van der Waals surface area contributed by atoms with E-state index in [1.807, 2.05) is 40.8 Å². The minimum atomic E-state index is -0.859. The van der Waals surface area contributed by atoms with Crippen molar-refractivity contribution in [2.24, 2.45) is 0 Å². The van der Waals surface area contributed by atoms with Gasteiger partial charge in [0.15, 0.2) is 0 Å². The first-order chi connectivity index (χ1) is 18.1. The average molecular weight is 493 g/mol. The number of rotatable bonds is 8. The second kappa shape index (κ2) is 11.3. The Labute approximate surface area is 218 Å². The van der Waals surface area contributed by atoms with E-state index in [9.17, 15) is 4.79 Å². The van der Waals surface area contributed by atoms with E-state index < -0.39 is 5.97 Å². The van der Waals surface area contributed by atoms with Gasteiger partial charge in [-0.2, -0.15) is 0 Å². The molecule has 1 atom stereocenters. The lowest BCUT2D eigenvalue weighted by atomic mass is 9.84. The summed E-state index contributed by atoms with van der Waals surface area (Å²) in [7, 11) is 0. The number of hydrogen-bond acceptors (Lipinski definition) is 3. The van der Waals surface area contributed by atoms with Crippen LogP contribution < -0.4 is 4.74 Å². The Morgan fingerprint density at radius 3 is 2.49 bits per heavy atom. The van der Waals surface area contributed by atoms with Gasteiger partial charge in [-0.05, 0) is 55.0 Å². The number of carboxylic acids is 1. The first kappa shape index (κ1) is 24.6. The smallest absolute Gasteiger partial charge is 0.304 e. The van der Waals surface area contributed by atoms with E-state index in [0.29, 0.717) is 12.5 Å². The van der Waals surface area contributed by atoms with E-state index in [2.05, 4.69) is 48.5 Å². The zero-order valence-electron chi connectivity index (χ0n) is 21.2. The highest BCUT2D eigenvalue weighted by Crippen LogP contribution is 2.33. The van der Waals surface area contributed by atoms with E-state index in [1.165, 1.54) is 37.7 Å². The lowest BCUT2D eigenvalue weighted by Gasteiger charge is -2.21. The maximum Gasteiger partial charge on any atom is 0.304 e. The molecule has 1 fully saturated rings. The molecule has 1 N–H and O–H groups in total. The van der Waals surface area contributed by atoms with Gasteiger partial charge in [0.1, 0.15) is 18.0 Å². The molecule has 0 aliphatic heterocycles. The standard InChI is InChI=1S/C32H32N2O3/c1-2-6-28(19-32(35)36)26-14-16-29(17-15-26)37-22-23-9-18-31-33-30(21-34(31)20-23)27-12-10-25(11-13-27)24-7-4-3-5-8-24/h9-18,20-21,24,28H,3-5,7-8,19,22H2,1H3,(H,35,36). The molecule has 0 saturated heterocycles. The predicted octanol–water partition coefficient (Wildman–Crippen LogP) is 7.21. The van der Waals surface area contributed by atoms with Crippen LogP contribution in [0.2, 0.25) is 0 Å². The monoisotopic (exact) mass is 492 g/mol. The summed E-state index contributed by atoms with van der Waals surface area (Å²) < 4.78 is 8.04. The van der Waals surface area contributed by atoms with Gasteiger partial charge in [-0.15, -0.1) is 5.92 Å². The van der Waals surface area contributed by atoms with Crippen LogP contribution in [-0.4, -0.2) is 20.5 Å². The van der Waals surface area contributed by atoms with Gasteiger partial charge in [-0.1, -0.05) is 67.6 Å². The van der Waals surface area contributed by atoms with Gasteiger partial charge in [0.05, 0.1) is 18.0 Å². The summed E-state index contributed by atoms with van der Waals surface area (Å²) >= 11 is 0. The Bertz CT molecular complexity index is 1420. The third-order valence-electron chi connectivity index (χ3n) is 7.18. The van der Waals surface area contributed by atoms with E-state index in [0.717, 1.165) is 33.8 Å². The highest BCUT2D eigenvalue weighted by Gasteiger charge is 2.16. The van der Waals surface area contributed by atoms with Crippen molar-refractivity contribution in [2.75, 3.05) is 0 Å². The van der Waals surface area contributed by atoms with Crippen molar-refractivity contribution in [3.05, 3.63) is 89.7 Å². The summed E-state index contributed by atoms with van der Waals surface area (Å²) in [5.41, 5.74) is 6.37. The van der Waals surface area contributed by atoms with Crippen LogP contribution in [0.4, 0.5) is 0 Å². The Morgan fingerprint density at radius 2 is 1.78 bits per heavy atom. The van der Waals surface area contributed by atoms with Gasteiger partial charge >= 0.3 is 5.97 Å². The number of benzene rings is 2. The zero-order valence-corrected chi connectivity index (χ0v) is 21.2. The molecule has 0 amide bonds. The van der Waals surface area contributed by atoms with Gasteiger partial charge in [0.2, 0.25) is 0 Å². The third-order valence-corrected chi connectivity index (χ3v) is 7.18. The fourth-order valence-corrected chi connectivity index (χ4v) is 5.19. The minimum absolute atomic E-state index is 0.0153. The number of fused-ring (bicyclic) bond motifs is 1. The number of aromatic nitrogens is 2. The minimum Gasteiger partial charge on any atom is -0.489 e. The molecule has 2 aromatic carbocycles. The topological polar surface area (TPSA) is 63.8 Å². The van der Waals surface area contributed by atoms with Crippen LogP contribution in [0.15, 0.2) is 73.1 Å². The Balaban J connectivity index is 1.24. The SMILES string of the molecule is CC#CC(CC(=O)O)c1ccc(OCc2ccc3nc(-c4ccc(C5CCCCC5)cc4)cn3c2)cc1. The summed E-state index contributed by atoms with van der Waals surface area (Å²) in [5, 5.41) is 9.14. The average Bonchev–Trinajstić information content (AvgIpc) is 3.36. The third kappa shape index (κ3) is 6.03. The summed E-state index contributed by atoms with van der Waals surface area (Å²) in [6.45, 7) is 2.15. The molecule has 4 aromatic rings. The summed E-state index contributed by atoms with van der Waals surface area (Å²) in [4.78, 5) is 15.9. The molecule has 188 valence electrons. The molecule has 1 saturated carbocycles. The molecule has 2 heterocycles. The number of aliphatic carboxylic acids is 1. The second-order valence-corrected chi connectivity index (χ2v) is 9.79. The first-order valence-corrected chi connectivity index (χ1v) is 13.0. The molecular formula is C32H32N2O3. The summed E-state index contributed by atoms with van der Waals surface area (Å²) in [5.74, 6) is 6.05. The number of ether oxygens (including phenoxy) is 1. The van der Waals surface area contributed by atoms with Crippen LogP contribution in [0.1, 0.15) is 74.0 Å². The molecule has 1 unspecified atom stereocenters. The maximum atomic E-state index is 11.1. The molecule has 0 spiro atoms. The van der Waals surface area contributed by atoms with Crippen LogP contribution >= 0.6 is 0 Å². The van der Waals surface area contributed by atoms with Crippen molar-refractivity contribution < 1.29 is 14.6 Å². The van der Waals surface area contributed by atoms with Crippen molar-refractivity contribution in [3.8, 4) is 28.8 Å². The zero-order chi connectivity index (χ0) is 25.6. The quantitative estimate of drug-likeness (QED) is 0.264. The van der Waals surface area contributed by atoms with Crippen LogP contribution in [0, 0.1) is 11.8 Å². The van der Waals surface area contributed by atoms with E-state index in [-0.39, 0.29) is 12.3 Å². The van der Waals surface area contributed by atoms with Crippen LogP contribution in [0.3, 0.4) is 0 Å². The molecule has 5 heteroatoms. The highest BCUT2D eigenvalue weighted by atomic mass is 16.5. The number of imidazole rings is 1. The summed E-state index contributed by atoms with van der Waals surface area (Å²) in [6, 6.07) is 20.5. The number of nitrogens with zero attached hydrogens (tertiary/aromatic N) is 2. The van der Waals surface area contributed by atoms with Crippen molar-refractivity contribution in [1.29, 1.82) is 0 Å². The van der Waals surface area contributed by atoms with Gasteiger partial charge < -0.3 is 14.2 Å². The van der Waals surface area contributed by atoms with Crippen molar-refractivity contribution in [3.63, 3.8) is 0 Å². The van der Waals surface area contributed by atoms with Gasteiger partial charge in [0.25, 0.3) is 0 Å². The highest BCUT2D eigenvalue weighted by molar-refractivity contribution is 5.69. The Morgan fingerprint density at radius 1 is 1.03 bits per heavy atom. The molecular weight excluding hydrogens is 460 g/mol. The van der Waals surface area contributed by atoms with Crippen LogP contribution in [0.5, 0.6) is 5.75 Å². The second-order valence-electron chi connectivity index (χ2n) is 9.79. The van der Waals surface area contributed by atoms with Crippen molar-refractivity contribution in [1.82, 2.24) is 9.38 Å². The maximum absolute atomic E-state index is 11.1. The molecule has 2 aromatic heterocycles. The van der Waals surface area contributed by atoms with E-state index in [1.54, 1.807) is 6.92 Å². The van der Waals surface area contributed by atoms with Crippen LogP contribution in [0.25, 0.3) is 16.9 Å². The molecule has 5 rings (SSSR count). The van der Waals surface area contributed by atoms with Crippen molar-refractivity contribution in [2.45, 2.75) is 63.9 Å². The number of pyridine rings is 1. The van der Waals surface area contributed by atoms with Gasteiger partial charge in [0, 0.05) is 23.5 Å². The number of carboxylic acid groups (broad SMARTS) is 1. The molecule has 5 nitrogen and oxygen atoms in total. The van der Waals surface area contributed by atoms with Crippen LogP contribution in [-0.2, 0) is 11.4 Å². The van der Waals surface area contributed by atoms with Gasteiger partial charge in [-0.3, -0.25) is 4.79 Å². The molecule has 0 bridgehead atoms. The first-order valence-electron chi connectivity index (χ1n) is 13.0. The van der Waals surface area contributed by atoms with E-state index in [4.69, 9.17) is 14.8 Å². The molecule has 1 aliphatic rings. The molecule has 37 heavy (non-hydrogen) atoms. The van der Waals surface area contributed by atoms with E-state index >= 15 is 0 Å². The predicted molar refractivity (Wildman–Crippen MR) is 146 cm³/mol. The summed E-state index contributed by atoms with van der Waals surface area (Å²) in [6.07, 6.45) is 10.8. The largest absolute Gasteiger partial charge is 0.489 e. The fraction of sp³-hybridized carbons (Fsp3) is 0.312. The van der Waals surface area contributed by atoms with Gasteiger partial charge in [-0.25, -0.2) is 4.98 Å². The Hall–Kier alpha value is -4.04. The van der Waals surface area contributed by atoms with Crippen molar-refractivity contribution >= 4 is 11.6 Å². The molecule has 0 radical (unpaired) electrons. The fourth-order valence-electron chi connectivity index (χ4n) is 5.19. The molecule has 1 aliphatic carbocycles. The lowest BCUT2D eigenvalue weighted by Crippen LogP contribution is -2.04. The Kier molecular flexibility index (Phi) is 7.56. The number of carbonyl (C=O) groups is 1. The normalized spacial score (nSPS) is 14.6. The lowest BCUT2D eigenvalue weighted by molar-refractivity contribution is -0.137.